The van der Waals surface area contributed by atoms with Gasteiger partial charge in [-0.15, -0.1) is 0 Å². The number of rotatable bonds is 10. The van der Waals surface area contributed by atoms with E-state index in [9.17, 15) is 18.0 Å². The summed E-state index contributed by atoms with van der Waals surface area (Å²) in [5.74, 6) is -0.813. The summed E-state index contributed by atoms with van der Waals surface area (Å²) < 4.78 is 26.3. The first-order valence-electron chi connectivity index (χ1n) is 10.8. The molecular formula is C24H32ClN3O4S. The molecule has 33 heavy (non-hydrogen) atoms. The Labute approximate surface area is 201 Å². The van der Waals surface area contributed by atoms with Crippen LogP contribution in [0.3, 0.4) is 0 Å². The third-order valence-electron chi connectivity index (χ3n) is 5.47. The summed E-state index contributed by atoms with van der Waals surface area (Å²) in [6.07, 6.45) is 1.82. The van der Waals surface area contributed by atoms with E-state index in [1.807, 2.05) is 26.8 Å². The lowest BCUT2D eigenvalue weighted by Crippen LogP contribution is -2.51. The van der Waals surface area contributed by atoms with E-state index in [2.05, 4.69) is 5.32 Å². The lowest BCUT2D eigenvalue weighted by Gasteiger charge is -2.31. The number of hydrogen-bond acceptors (Lipinski definition) is 4. The third-order valence-corrected chi connectivity index (χ3v) is 6.98. The number of carbonyl (C=O) groups excluding carboxylic acids is 2. The average Bonchev–Trinajstić information content (AvgIpc) is 2.75. The molecule has 0 aromatic heterocycles. The topological polar surface area (TPSA) is 86.8 Å². The van der Waals surface area contributed by atoms with Crippen LogP contribution in [-0.4, -0.2) is 50.5 Å². The molecule has 0 spiro atoms. The molecule has 0 aliphatic heterocycles. The number of amides is 2. The molecule has 180 valence electrons. The van der Waals surface area contributed by atoms with Crippen molar-refractivity contribution in [3.63, 3.8) is 0 Å². The van der Waals surface area contributed by atoms with E-state index in [-0.39, 0.29) is 12.5 Å². The fourth-order valence-electron chi connectivity index (χ4n) is 3.28. The van der Waals surface area contributed by atoms with Gasteiger partial charge in [0.15, 0.2) is 0 Å². The van der Waals surface area contributed by atoms with Gasteiger partial charge < -0.3 is 10.2 Å². The van der Waals surface area contributed by atoms with Gasteiger partial charge in [0.05, 0.1) is 11.9 Å². The van der Waals surface area contributed by atoms with Gasteiger partial charge in [0.1, 0.15) is 12.6 Å². The molecule has 0 aliphatic rings. The highest BCUT2D eigenvalue weighted by Crippen LogP contribution is 2.23. The van der Waals surface area contributed by atoms with Crippen LogP contribution in [0.5, 0.6) is 0 Å². The van der Waals surface area contributed by atoms with Crippen molar-refractivity contribution >= 4 is 39.1 Å². The molecular weight excluding hydrogens is 462 g/mol. The lowest BCUT2D eigenvalue weighted by molar-refractivity contribution is -0.139. The average molecular weight is 494 g/mol. The van der Waals surface area contributed by atoms with Crippen molar-refractivity contribution < 1.29 is 18.0 Å². The van der Waals surface area contributed by atoms with E-state index in [1.165, 1.54) is 4.90 Å². The van der Waals surface area contributed by atoms with Crippen molar-refractivity contribution in [3.05, 3.63) is 64.2 Å². The summed E-state index contributed by atoms with van der Waals surface area (Å²) in [4.78, 5) is 27.5. The van der Waals surface area contributed by atoms with Crippen molar-refractivity contribution in [1.29, 1.82) is 0 Å². The molecule has 2 aromatic carbocycles. The minimum absolute atomic E-state index is 0.0732. The lowest BCUT2D eigenvalue weighted by atomic mass is 10.1. The van der Waals surface area contributed by atoms with Crippen molar-refractivity contribution in [3.8, 4) is 0 Å². The molecule has 0 radical (unpaired) electrons. The Bertz CT molecular complexity index is 1100. The second kappa shape index (κ2) is 11.5. The van der Waals surface area contributed by atoms with Crippen molar-refractivity contribution in [2.45, 2.75) is 46.7 Å². The SMILES string of the molecule is CCCNC(=O)C(C)N(Cc1ccccc1Cl)C(=O)CN(c1ccc(C)c(C)c1)S(C)(=O)=O. The van der Waals surface area contributed by atoms with Crippen LogP contribution < -0.4 is 9.62 Å². The van der Waals surface area contributed by atoms with Crippen LogP contribution >= 0.6 is 11.6 Å². The van der Waals surface area contributed by atoms with E-state index >= 15 is 0 Å². The molecule has 1 N–H and O–H groups in total. The summed E-state index contributed by atoms with van der Waals surface area (Å²) >= 11 is 6.30. The number of carbonyl (C=O) groups is 2. The van der Waals surface area contributed by atoms with Crippen molar-refractivity contribution in [2.75, 3.05) is 23.7 Å². The van der Waals surface area contributed by atoms with Gasteiger partial charge in [-0.25, -0.2) is 8.42 Å². The number of hydrogen-bond donors (Lipinski definition) is 1. The van der Waals surface area contributed by atoms with Crippen LogP contribution in [0.1, 0.15) is 37.0 Å². The minimum atomic E-state index is -3.76. The van der Waals surface area contributed by atoms with Gasteiger partial charge >= 0.3 is 0 Å². The van der Waals surface area contributed by atoms with E-state index in [0.29, 0.717) is 22.8 Å². The number of aryl methyl sites for hydroxylation is 2. The molecule has 1 atom stereocenters. The number of nitrogens with zero attached hydrogens (tertiary/aromatic N) is 2. The highest BCUT2D eigenvalue weighted by molar-refractivity contribution is 7.92. The molecule has 0 saturated heterocycles. The summed E-state index contributed by atoms with van der Waals surface area (Å²) in [7, 11) is -3.76. The minimum Gasteiger partial charge on any atom is -0.354 e. The van der Waals surface area contributed by atoms with Gasteiger partial charge in [0.25, 0.3) is 0 Å². The quantitative estimate of drug-likeness (QED) is 0.547. The predicted molar refractivity (Wildman–Crippen MR) is 133 cm³/mol. The number of sulfonamides is 1. The standard InChI is InChI=1S/C24H32ClN3O4S/c1-6-13-26-24(30)19(4)27(15-20-9-7-8-10-22(20)25)23(29)16-28(33(5,31)32)21-12-11-17(2)18(3)14-21/h7-12,14,19H,6,13,15-16H2,1-5H3,(H,26,30). The maximum absolute atomic E-state index is 13.5. The highest BCUT2D eigenvalue weighted by Gasteiger charge is 2.30. The molecule has 0 bridgehead atoms. The molecule has 2 aromatic rings. The smallest absolute Gasteiger partial charge is 0.244 e. The Kier molecular flexibility index (Phi) is 9.31. The van der Waals surface area contributed by atoms with Crippen LogP contribution in [0, 0.1) is 13.8 Å². The van der Waals surface area contributed by atoms with Gasteiger partial charge in [-0.05, 0) is 62.1 Å². The summed E-state index contributed by atoms with van der Waals surface area (Å²) in [5, 5.41) is 3.26. The molecule has 1 unspecified atom stereocenters. The fourth-order valence-corrected chi connectivity index (χ4v) is 4.32. The molecule has 2 amide bonds. The zero-order valence-electron chi connectivity index (χ0n) is 19.8. The van der Waals surface area contributed by atoms with E-state index < -0.39 is 28.5 Å². The molecule has 0 saturated carbocycles. The number of benzene rings is 2. The van der Waals surface area contributed by atoms with Crippen LogP contribution in [0.2, 0.25) is 5.02 Å². The molecule has 2 rings (SSSR count). The Morgan fingerprint density at radius 1 is 1.09 bits per heavy atom. The Morgan fingerprint density at radius 3 is 2.33 bits per heavy atom. The Morgan fingerprint density at radius 2 is 1.76 bits per heavy atom. The zero-order chi connectivity index (χ0) is 24.8. The molecule has 7 nitrogen and oxygen atoms in total. The van der Waals surface area contributed by atoms with Gasteiger partial charge in [-0.2, -0.15) is 0 Å². The first kappa shape index (κ1) is 26.7. The predicted octanol–water partition coefficient (Wildman–Crippen LogP) is 3.67. The van der Waals surface area contributed by atoms with Crippen LogP contribution in [0.15, 0.2) is 42.5 Å². The third kappa shape index (κ3) is 7.20. The van der Waals surface area contributed by atoms with E-state index in [0.717, 1.165) is 28.1 Å². The van der Waals surface area contributed by atoms with Gasteiger partial charge in [-0.1, -0.05) is 42.8 Å². The van der Waals surface area contributed by atoms with Crippen LogP contribution in [-0.2, 0) is 26.2 Å². The zero-order valence-corrected chi connectivity index (χ0v) is 21.3. The van der Waals surface area contributed by atoms with Gasteiger partial charge in [0, 0.05) is 18.1 Å². The largest absolute Gasteiger partial charge is 0.354 e. The highest BCUT2D eigenvalue weighted by atomic mass is 35.5. The van der Waals surface area contributed by atoms with E-state index in [4.69, 9.17) is 11.6 Å². The maximum atomic E-state index is 13.5. The maximum Gasteiger partial charge on any atom is 0.244 e. The summed E-state index contributed by atoms with van der Waals surface area (Å²) in [5.41, 5.74) is 2.99. The Balaban J connectivity index is 2.40. The van der Waals surface area contributed by atoms with Gasteiger partial charge in [0.2, 0.25) is 21.8 Å². The summed E-state index contributed by atoms with van der Waals surface area (Å²) in [6, 6.07) is 11.5. The number of nitrogens with one attached hydrogen (secondary N) is 1. The first-order valence-corrected chi connectivity index (χ1v) is 13.0. The van der Waals surface area contributed by atoms with Crippen LogP contribution in [0.25, 0.3) is 0 Å². The van der Waals surface area contributed by atoms with E-state index in [1.54, 1.807) is 43.3 Å². The monoisotopic (exact) mass is 493 g/mol. The number of anilines is 1. The first-order chi connectivity index (χ1) is 15.5. The van der Waals surface area contributed by atoms with Gasteiger partial charge in [-0.3, -0.25) is 13.9 Å². The normalized spacial score (nSPS) is 12.2. The fraction of sp³-hybridized carbons (Fsp3) is 0.417. The number of halogens is 1. The van der Waals surface area contributed by atoms with Crippen molar-refractivity contribution in [1.82, 2.24) is 10.2 Å². The molecule has 0 fully saturated rings. The van der Waals surface area contributed by atoms with Crippen LogP contribution in [0.4, 0.5) is 5.69 Å². The molecule has 0 aliphatic carbocycles. The summed E-state index contributed by atoms with van der Waals surface area (Å²) in [6.45, 7) is 7.49. The second-order valence-corrected chi connectivity index (χ2v) is 10.4. The Hall–Kier alpha value is -2.58. The second-order valence-electron chi connectivity index (χ2n) is 8.12. The van der Waals surface area contributed by atoms with Crippen molar-refractivity contribution in [2.24, 2.45) is 0 Å². The molecule has 9 heteroatoms. The molecule has 0 heterocycles.